The zero-order chi connectivity index (χ0) is 20.8. The van der Waals surface area contributed by atoms with Gasteiger partial charge in [-0.2, -0.15) is 0 Å². The lowest BCUT2D eigenvalue weighted by Crippen LogP contribution is -2.35. The Balaban J connectivity index is 1.61. The molecule has 1 aromatic heterocycles. The van der Waals surface area contributed by atoms with Crippen LogP contribution in [0.5, 0.6) is 0 Å². The van der Waals surface area contributed by atoms with Crippen LogP contribution in [0, 0.1) is 0 Å². The van der Waals surface area contributed by atoms with Gasteiger partial charge in [0.1, 0.15) is 0 Å². The first-order chi connectivity index (χ1) is 14.7. The van der Waals surface area contributed by atoms with Crippen LogP contribution in [0.2, 0.25) is 0 Å². The van der Waals surface area contributed by atoms with Crippen LogP contribution in [0.1, 0.15) is 23.0 Å². The number of morpholine rings is 1. The van der Waals surface area contributed by atoms with Gasteiger partial charge in [0.25, 0.3) is 0 Å². The van der Waals surface area contributed by atoms with Gasteiger partial charge < -0.3 is 19.3 Å². The van der Waals surface area contributed by atoms with Crippen molar-refractivity contribution in [2.45, 2.75) is 13.5 Å². The maximum Gasteiger partial charge on any atom is 0.361 e. The summed E-state index contributed by atoms with van der Waals surface area (Å²) in [5.74, 6) is -0.0973. The summed E-state index contributed by atoms with van der Waals surface area (Å²) in [6.45, 7) is 6.32. The molecule has 1 aliphatic rings. The molecule has 3 aromatic rings. The molecular formula is C23H25N3O4. The number of hydrogen-bond donors (Lipinski definition) is 1. The van der Waals surface area contributed by atoms with Crippen molar-refractivity contribution in [1.29, 1.82) is 0 Å². The molecule has 7 nitrogen and oxygen atoms in total. The number of anilines is 2. The van der Waals surface area contributed by atoms with E-state index in [2.05, 4.69) is 27.5 Å². The maximum absolute atomic E-state index is 12.4. The summed E-state index contributed by atoms with van der Waals surface area (Å²) in [5, 5.41) is 7.20. The van der Waals surface area contributed by atoms with Crippen LogP contribution in [-0.2, 0) is 16.0 Å². The van der Waals surface area contributed by atoms with Gasteiger partial charge in [-0.1, -0.05) is 47.6 Å². The van der Waals surface area contributed by atoms with E-state index in [1.54, 1.807) is 6.92 Å². The van der Waals surface area contributed by atoms with Crippen molar-refractivity contribution in [1.82, 2.24) is 10.1 Å². The van der Waals surface area contributed by atoms with Crippen LogP contribution in [0.4, 0.5) is 11.6 Å². The molecule has 0 saturated carbocycles. The molecular weight excluding hydrogens is 382 g/mol. The normalized spacial score (nSPS) is 14.4. The third-order valence-corrected chi connectivity index (χ3v) is 4.95. The van der Waals surface area contributed by atoms with Crippen molar-refractivity contribution in [3.8, 4) is 11.1 Å². The summed E-state index contributed by atoms with van der Waals surface area (Å²) in [5.41, 5.74) is 3.64. The molecule has 0 aliphatic carbocycles. The number of aromatic nitrogens is 1. The molecule has 2 heterocycles. The molecule has 1 N–H and O–H groups in total. The molecule has 0 bridgehead atoms. The number of nitrogens with one attached hydrogen (secondary N) is 1. The highest BCUT2D eigenvalue weighted by atomic mass is 16.5. The number of ether oxygens (including phenoxy) is 2. The monoisotopic (exact) mass is 407 g/mol. The van der Waals surface area contributed by atoms with Gasteiger partial charge >= 0.3 is 5.97 Å². The van der Waals surface area contributed by atoms with Crippen molar-refractivity contribution >= 4 is 17.5 Å². The largest absolute Gasteiger partial charge is 0.461 e. The van der Waals surface area contributed by atoms with Gasteiger partial charge in [-0.05, 0) is 30.2 Å². The number of carbonyl (C=O) groups excluding carboxylic acids is 1. The average molecular weight is 407 g/mol. The smallest absolute Gasteiger partial charge is 0.361 e. The van der Waals surface area contributed by atoms with Crippen LogP contribution in [0.25, 0.3) is 11.1 Å². The van der Waals surface area contributed by atoms with Crippen molar-refractivity contribution in [2.24, 2.45) is 0 Å². The minimum atomic E-state index is -0.505. The van der Waals surface area contributed by atoms with Crippen molar-refractivity contribution < 1.29 is 18.8 Å². The van der Waals surface area contributed by atoms with Gasteiger partial charge in [-0.15, -0.1) is 0 Å². The molecule has 1 saturated heterocycles. The molecule has 1 fully saturated rings. The molecule has 0 radical (unpaired) electrons. The fourth-order valence-corrected chi connectivity index (χ4v) is 3.43. The fourth-order valence-electron chi connectivity index (χ4n) is 3.43. The van der Waals surface area contributed by atoms with Crippen LogP contribution >= 0.6 is 0 Å². The zero-order valence-corrected chi connectivity index (χ0v) is 17.0. The van der Waals surface area contributed by atoms with Gasteiger partial charge in [0.05, 0.1) is 25.4 Å². The molecule has 4 rings (SSSR count). The van der Waals surface area contributed by atoms with Crippen LogP contribution in [0.3, 0.4) is 0 Å². The highest BCUT2D eigenvalue weighted by molar-refractivity contribution is 5.98. The molecule has 156 valence electrons. The van der Waals surface area contributed by atoms with Crippen LogP contribution < -0.4 is 5.32 Å². The van der Waals surface area contributed by atoms with Gasteiger partial charge in [0.15, 0.2) is 0 Å². The predicted molar refractivity (Wildman–Crippen MR) is 114 cm³/mol. The Morgan fingerprint density at radius 2 is 1.83 bits per heavy atom. The van der Waals surface area contributed by atoms with Gasteiger partial charge in [-0.3, -0.25) is 4.90 Å². The molecule has 0 atom stereocenters. The van der Waals surface area contributed by atoms with Crippen LogP contribution in [0.15, 0.2) is 59.1 Å². The molecule has 0 spiro atoms. The predicted octanol–water partition coefficient (Wildman–Crippen LogP) is 4.09. The van der Waals surface area contributed by atoms with Crippen molar-refractivity contribution in [3.63, 3.8) is 0 Å². The molecule has 7 heteroatoms. The number of esters is 1. The summed E-state index contributed by atoms with van der Waals surface area (Å²) >= 11 is 0. The third kappa shape index (κ3) is 4.69. The number of rotatable bonds is 7. The molecule has 0 amide bonds. The van der Waals surface area contributed by atoms with E-state index in [-0.39, 0.29) is 12.3 Å². The summed E-state index contributed by atoms with van der Waals surface area (Å²) in [6, 6.07) is 17.7. The standard InChI is InChI=1S/C23H25N3O4/c1-2-29-23(27)21-20(22(30-25-21)24-19-6-4-3-5-7-19)18-10-8-17(9-11-18)16-26-12-14-28-15-13-26/h3-11,24H,2,12-16H2,1H3. The van der Waals surface area contributed by atoms with E-state index < -0.39 is 5.97 Å². The topological polar surface area (TPSA) is 76.8 Å². The summed E-state index contributed by atoms with van der Waals surface area (Å²) < 4.78 is 16.1. The Hall–Kier alpha value is -3.16. The van der Waals surface area contributed by atoms with E-state index in [0.717, 1.165) is 44.1 Å². The quantitative estimate of drug-likeness (QED) is 0.591. The zero-order valence-electron chi connectivity index (χ0n) is 17.0. The minimum Gasteiger partial charge on any atom is -0.461 e. The summed E-state index contributed by atoms with van der Waals surface area (Å²) in [6.07, 6.45) is 0. The summed E-state index contributed by atoms with van der Waals surface area (Å²) in [4.78, 5) is 14.8. The number of carbonyl (C=O) groups is 1. The first-order valence-electron chi connectivity index (χ1n) is 10.1. The first kappa shape index (κ1) is 20.1. The highest BCUT2D eigenvalue weighted by Crippen LogP contribution is 2.34. The number of nitrogens with zero attached hydrogens (tertiary/aromatic N) is 2. The lowest BCUT2D eigenvalue weighted by atomic mass is 10.0. The second-order valence-electron chi connectivity index (χ2n) is 7.03. The lowest BCUT2D eigenvalue weighted by molar-refractivity contribution is 0.0342. The third-order valence-electron chi connectivity index (χ3n) is 4.95. The van der Waals surface area contributed by atoms with E-state index in [1.165, 1.54) is 5.56 Å². The average Bonchev–Trinajstić information content (AvgIpc) is 3.19. The first-order valence-corrected chi connectivity index (χ1v) is 10.1. The fraction of sp³-hybridized carbons (Fsp3) is 0.304. The van der Waals surface area contributed by atoms with E-state index in [1.807, 2.05) is 42.5 Å². The molecule has 1 aliphatic heterocycles. The second kappa shape index (κ2) is 9.56. The van der Waals surface area contributed by atoms with E-state index in [0.29, 0.717) is 11.4 Å². The van der Waals surface area contributed by atoms with Crippen LogP contribution in [-0.4, -0.2) is 48.9 Å². The summed E-state index contributed by atoms with van der Waals surface area (Å²) in [7, 11) is 0. The second-order valence-corrected chi connectivity index (χ2v) is 7.03. The highest BCUT2D eigenvalue weighted by Gasteiger charge is 2.25. The Morgan fingerprint density at radius 1 is 1.10 bits per heavy atom. The number of hydrogen-bond acceptors (Lipinski definition) is 7. The molecule has 2 aromatic carbocycles. The Bertz CT molecular complexity index is 964. The minimum absolute atomic E-state index is 0.163. The Morgan fingerprint density at radius 3 is 2.53 bits per heavy atom. The van der Waals surface area contributed by atoms with Gasteiger partial charge in [0.2, 0.25) is 11.6 Å². The molecule has 0 unspecified atom stereocenters. The maximum atomic E-state index is 12.4. The van der Waals surface area contributed by atoms with E-state index in [4.69, 9.17) is 14.0 Å². The Kier molecular flexibility index (Phi) is 6.41. The lowest BCUT2D eigenvalue weighted by Gasteiger charge is -2.26. The molecule has 30 heavy (non-hydrogen) atoms. The van der Waals surface area contributed by atoms with Gasteiger partial charge in [-0.25, -0.2) is 4.79 Å². The van der Waals surface area contributed by atoms with E-state index in [9.17, 15) is 4.79 Å². The number of benzene rings is 2. The number of para-hydroxylation sites is 1. The van der Waals surface area contributed by atoms with E-state index >= 15 is 0 Å². The van der Waals surface area contributed by atoms with Crippen molar-refractivity contribution in [3.05, 3.63) is 65.9 Å². The van der Waals surface area contributed by atoms with Gasteiger partial charge in [0, 0.05) is 25.3 Å². The Labute approximate surface area is 175 Å². The SMILES string of the molecule is CCOC(=O)c1noc(Nc2ccccc2)c1-c1ccc(CN2CCOCC2)cc1. The van der Waals surface area contributed by atoms with Crippen molar-refractivity contribution in [2.75, 3.05) is 38.2 Å².